The van der Waals surface area contributed by atoms with Crippen molar-refractivity contribution in [3.63, 3.8) is 0 Å². The molecule has 0 saturated carbocycles. The van der Waals surface area contributed by atoms with Gasteiger partial charge in [0.25, 0.3) is 0 Å². The lowest BCUT2D eigenvalue weighted by Crippen LogP contribution is -2.48. The molecule has 1 amide bonds. The molecule has 2 atom stereocenters. The van der Waals surface area contributed by atoms with Crippen molar-refractivity contribution in [1.82, 2.24) is 9.97 Å². The SMILES string of the molecule is [C-]#[N+]c1ccc(N(Cc2cc(C(F)(F)F)cc(C(F)(F)F)c2)[C@H]2C[C@@H](CC)N(C(=O)OCC)c3ccc(OC)nc32)nc1. The second-order valence-corrected chi connectivity index (χ2v) is 9.67. The van der Waals surface area contributed by atoms with Crippen LogP contribution in [0.4, 0.5) is 48.3 Å². The van der Waals surface area contributed by atoms with Crippen molar-refractivity contribution in [3.05, 3.63) is 82.5 Å². The Hall–Kier alpha value is -4.54. The molecule has 0 saturated heterocycles. The highest BCUT2D eigenvalue weighted by Crippen LogP contribution is 2.44. The molecule has 0 N–H and O–H groups in total. The molecule has 8 nitrogen and oxygen atoms in total. The average Bonchev–Trinajstić information content (AvgIpc) is 2.98. The summed E-state index contributed by atoms with van der Waals surface area (Å²) < 4.78 is 92.8. The summed E-state index contributed by atoms with van der Waals surface area (Å²) in [6, 6.07) is 6.21. The van der Waals surface area contributed by atoms with E-state index in [2.05, 4.69) is 14.8 Å². The minimum absolute atomic E-state index is 0.0727. The Kier molecular flexibility index (Phi) is 9.03. The number of benzene rings is 1. The molecule has 0 spiro atoms. The Labute approximate surface area is 243 Å². The number of halogens is 6. The number of aromatic nitrogens is 2. The van der Waals surface area contributed by atoms with Gasteiger partial charge in [0.15, 0.2) is 0 Å². The van der Waals surface area contributed by atoms with Crippen molar-refractivity contribution in [2.24, 2.45) is 0 Å². The van der Waals surface area contributed by atoms with Crippen LogP contribution in [0.15, 0.2) is 48.7 Å². The van der Waals surface area contributed by atoms with Crippen LogP contribution >= 0.6 is 0 Å². The normalized spacial score (nSPS) is 16.7. The van der Waals surface area contributed by atoms with Crippen LogP contribution in [0.1, 0.15) is 55.1 Å². The van der Waals surface area contributed by atoms with Gasteiger partial charge < -0.3 is 14.4 Å². The number of methoxy groups -OCH3 is 1. The third kappa shape index (κ3) is 6.76. The van der Waals surface area contributed by atoms with Crippen LogP contribution < -0.4 is 14.5 Å². The summed E-state index contributed by atoms with van der Waals surface area (Å²) in [4.78, 5) is 28.2. The standard InChI is InChI=1S/C29H27F6N5O3/c1-5-21-14-23(26-22(8-10-25(38-26)42-4)40(21)27(41)43-6-2)39(24-9-7-20(36-3)15-37-24)16-17-11-18(28(30,31)32)13-19(12-17)29(33,34)35/h7-13,15,21,23H,5-6,14,16H2,1-2,4H3/t21-,23+/m1/s1. The van der Waals surface area contributed by atoms with Crippen molar-refractivity contribution in [2.45, 2.75) is 57.7 Å². The van der Waals surface area contributed by atoms with Crippen LogP contribution in [0.25, 0.3) is 4.85 Å². The Bertz CT molecular complexity index is 1470. The lowest BCUT2D eigenvalue weighted by atomic mass is 9.91. The zero-order valence-electron chi connectivity index (χ0n) is 23.3. The number of carbonyl (C=O) groups excluding carboxylic acids is 1. The van der Waals surface area contributed by atoms with E-state index in [1.807, 2.05) is 6.92 Å². The summed E-state index contributed by atoms with van der Waals surface area (Å²) in [6.45, 7) is 10.4. The number of hydrogen-bond acceptors (Lipinski definition) is 6. The van der Waals surface area contributed by atoms with Crippen LogP contribution in [-0.2, 0) is 23.6 Å². The molecule has 1 aliphatic rings. The monoisotopic (exact) mass is 607 g/mol. The Balaban J connectivity index is 1.93. The van der Waals surface area contributed by atoms with Gasteiger partial charge in [-0.05, 0) is 55.7 Å². The quantitative estimate of drug-likeness (QED) is 0.200. The molecule has 0 fully saturated rings. The summed E-state index contributed by atoms with van der Waals surface area (Å²) in [5.41, 5.74) is -2.34. The second-order valence-electron chi connectivity index (χ2n) is 9.67. The summed E-state index contributed by atoms with van der Waals surface area (Å²) in [5.74, 6) is 0.357. The van der Waals surface area contributed by atoms with E-state index in [1.165, 1.54) is 41.3 Å². The Morgan fingerprint density at radius 3 is 2.26 bits per heavy atom. The smallest absolute Gasteiger partial charge is 0.416 e. The first-order valence-corrected chi connectivity index (χ1v) is 13.2. The molecule has 228 valence electrons. The molecule has 2 aromatic heterocycles. The number of rotatable bonds is 7. The van der Waals surface area contributed by atoms with E-state index in [0.29, 0.717) is 24.2 Å². The fourth-order valence-electron chi connectivity index (χ4n) is 5.02. The van der Waals surface area contributed by atoms with Gasteiger partial charge in [-0.15, -0.1) is 0 Å². The highest BCUT2D eigenvalue weighted by molar-refractivity contribution is 5.90. The first-order chi connectivity index (χ1) is 20.3. The first kappa shape index (κ1) is 31.4. The van der Waals surface area contributed by atoms with E-state index in [4.69, 9.17) is 16.0 Å². The van der Waals surface area contributed by atoms with E-state index < -0.39 is 48.2 Å². The maximum atomic E-state index is 13.7. The molecule has 1 aromatic carbocycles. The molecule has 43 heavy (non-hydrogen) atoms. The Morgan fingerprint density at radius 2 is 1.74 bits per heavy atom. The fraction of sp³-hybridized carbons (Fsp3) is 0.379. The molecule has 4 rings (SSSR count). The Morgan fingerprint density at radius 1 is 1.07 bits per heavy atom. The van der Waals surface area contributed by atoms with Crippen LogP contribution in [0.5, 0.6) is 5.88 Å². The zero-order valence-corrected chi connectivity index (χ0v) is 23.3. The van der Waals surface area contributed by atoms with Gasteiger partial charge in [-0.2, -0.15) is 26.3 Å². The number of carbonyl (C=O) groups is 1. The highest BCUT2D eigenvalue weighted by atomic mass is 19.4. The van der Waals surface area contributed by atoms with Crippen LogP contribution in [0.3, 0.4) is 0 Å². The first-order valence-electron chi connectivity index (χ1n) is 13.2. The zero-order chi connectivity index (χ0) is 31.5. The molecule has 3 aromatic rings. The predicted octanol–water partition coefficient (Wildman–Crippen LogP) is 7.97. The number of pyridine rings is 2. The number of ether oxygens (including phenoxy) is 2. The van der Waals surface area contributed by atoms with Crippen molar-refractivity contribution in [3.8, 4) is 5.88 Å². The minimum Gasteiger partial charge on any atom is -0.481 e. The van der Waals surface area contributed by atoms with Gasteiger partial charge in [0, 0.05) is 24.8 Å². The summed E-state index contributed by atoms with van der Waals surface area (Å²) in [5, 5.41) is 0. The number of hydrogen-bond donors (Lipinski definition) is 0. The molecule has 0 bridgehead atoms. The molecule has 3 heterocycles. The topological polar surface area (TPSA) is 72.2 Å². The maximum absolute atomic E-state index is 13.7. The van der Waals surface area contributed by atoms with Gasteiger partial charge in [-0.25, -0.2) is 14.6 Å². The van der Waals surface area contributed by atoms with Crippen molar-refractivity contribution < 1.29 is 40.6 Å². The van der Waals surface area contributed by atoms with Crippen LogP contribution in [0, 0.1) is 6.57 Å². The molecule has 0 aliphatic carbocycles. The van der Waals surface area contributed by atoms with Crippen molar-refractivity contribution >= 4 is 23.3 Å². The van der Waals surface area contributed by atoms with Gasteiger partial charge in [-0.3, -0.25) is 9.88 Å². The summed E-state index contributed by atoms with van der Waals surface area (Å²) in [7, 11) is 1.38. The number of anilines is 2. The second kappa shape index (κ2) is 12.4. The van der Waals surface area contributed by atoms with E-state index >= 15 is 0 Å². The van der Waals surface area contributed by atoms with Crippen LogP contribution in [-0.4, -0.2) is 35.8 Å². The number of nitrogens with zero attached hydrogens (tertiary/aromatic N) is 5. The molecular formula is C29H27F6N5O3. The average molecular weight is 608 g/mol. The van der Waals surface area contributed by atoms with E-state index in [1.54, 1.807) is 13.0 Å². The van der Waals surface area contributed by atoms with Gasteiger partial charge in [0.1, 0.15) is 5.82 Å². The van der Waals surface area contributed by atoms with E-state index in [9.17, 15) is 31.1 Å². The van der Waals surface area contributed by atoms with Gasteiger partial charge in [0.2, 0.25) is 11.6 Å². The molecule has 14 heteroatoms. The number of amides is 1. The molecular weight excluding hydrogens is 580 g/mol. The summed E-state index contributed by atoms with van der Waals surface area (Å²) >= 11 is 0. The molecule has 1 aliphatic heterocycles. The van der Waals surface area contributed by atoms with Crippen molar-refractivity contribution in [2.75, 3.05) is 23.5 Å². The van der Waals surface area contributed by atoms with Gasteiger partial charge in [-0.1, -0.05) is 13.0 Å². The minimum atomic E-state index is -5.03. The molecule has 0 unspecified atom stereocenters. The predicted molar refractivity (Wildman–Crippen MR) is 145 cm³/mol. The third-order valence-electron chi connectivity index (χ3n) is 6.99. The largest absolute Gasteiger partial charge is 0.481 e. The lowest BCUT2D eigenvalue weighted by molar-refractivity contribution is -0.143. The number of alkyl halides is 6. The van der Waals surface area contributed by atoms with Gasteiger partial charge in [0.05, 0.1) is 48.8 Å². The summed E-state index contributed by atoms with van der Waals surface area (Å²) in [6.07, 6.45) is -8.81. The highest BCUT2D eigenvalue weighted by Gasteiger charge is 2.41. The lowest BCUT2D eigenvalue weighted by Gasteiger charge is -2.43. The third-order valence-corrected chi connectivity index (χ3v) is 6.99. The fourth-order valence-corrected chi connectivity index (χ4v) is 5.02. The maximum Gasteiger partial charge on any atom is 0.416 e. The van der Waals surface area contributed by atoms with E-state index in [-0.39, 0.29) is 47.7 Å². The van der Waals surface area contributed by atoms with Crippen molar-refractivity contribution in [1.29, 1.82) is 0 Å². The van der Waals surface area contributed by atoms with Gasteiger partial charge >= 0.3 is 18.4 Å². The van der Waals surface area contributed by atoms with E-state index in [0.717, 1.165) is 0 Å². The van der Waals surface area contributed by atoms with Crippen LogP contribution in [0.2, 0.25) is 0 Å². The molecule has 0 radical (unpaired) electrons. The number of fused-ring (bicyclic) bond motifs is 1.